The van der Waals surface area contributed by atoms with Crippen molar-refractivity contribution in [3.05, 3.63) is 109 Å². The van der Waals surface area contributed by atoms with Crippen molar-refractivity contribution >= 4 is 12.4 Å². The summed E-state index contributed by atoms with van der Waals surface area (Å²) in [7, 11) is 0. The summed E-state index contributed by atoms with van der Waals surface area (Å²) >= 11 is 0. The van der Waals surface area contributed by atoms with Gasteiger partial charge < -0.3 is 18.9 Å². The van der Waals surface area contributed by atoms with Gasteiger partial charge in [-0.2, -0.15) is 0 Å². The van der Waals surface area contributed by atoms with Crippen LogP contribution in [0, 0.1) is 11.6 Å². The minimum atomic E-state index is -0.989. The van der Waals surface area contributed by atoms with E-state index in [1.54, 1.807) is 48.5 Å². The zero-order chi connectivity index (χ0) is 25.2. The van der Waals surface area contributed by atoms with E-state index in [1.165, 1.54) is 31.6 Å². The SMILES string of the molecule is C=C(C)C(=O)O/C=C\Oc1ccc(-c2ccc(-c3ccc(O/C=C\OC=O)cc3)c(F)c2F)cc1. The number of benzene rings is 3. The van der Waals surface area contributed by atoms with Crippen molar-refractivity contribution in [3.8, 4) is 33.8 Å². The average molecular weight is 478 g/mol. The molecule has 8 heteroatoms. The van der Waals surface area contributed by atoms with Crippen LogP contribution in [-0.2, 0) is 19.1 Å². The Bertz CT molecular complexity index is 1260. The van der Waals surface area contributed by atoms with Gasteiger partial charge in [-0.3, -0.25) is 4.79 Å². The third-order valence-electron chi connectivity index (χ3n) is 4.59. The van der Waals surface area contributed by atoms with Crippen LogP contribution >= 0.6 is 0 Å². The summed E-state index contributed by atoms with van der Waals surface area (Å²) in [6, 6.07) is 15.6. The van der Waals surface area contributed by atoms with Crippen molar-refractivity contribution in [1.82, 2.24) is 0 Å². The average Bonchev–Trinajstić information content (AvgIpc) is 2.87. The van der Waals surface area contributed by atoms with Crippen molar-refractivity contribution in [2.75, 3.05) is 0 Å². The predicted octanol–water partition coefficient (Wildman–Crippen LogP) is 6.29. The Balaban J connectivity index is 1.70. The molecule has 6 nitrogen and oxygen atoms in total. The molecule has 3 rings (SSSR count). The third-order valence-corrected chi connectivity index (χ3v) is 4.59. The lowest BCUT2D eigenvalue weighted by Crippen LogP contribution is -1.99. The van der Waals surface area contributed by atoms with Gasteiger partial charge in [-0.05, 0) is 42.3 Å². The number of carbonyl (C=O) groups is 2. The van der Waals surface area contributed by atoms with Crippen molar-refractivity contribution in [2.24, 2.45) is 0 Å². The van der Waals surface area contributed by atoms with E-state index < -0.39 is 17.6 Å². The molecular weight excluding hydrogens is 458 g/mol. The highest BCUT2D eigenvalue weighted by Gasteiger charge is 2.16. The maximum Gasteiger partial charge on any atom is 0.338 e. The van der Waals surface area contributed by atoms with Crippen molar-refractivity contribution in [1.29, 1.82) is 0 Å². The lowest BCUT2D eigenvalue weighted by molar-refractivity contribution is -0.133. The highest BCUT2D eigenvalue weighted by molar-refractivity contribution is 5.87. The van der Waals surface area contributed by atoms with E-state index in [4.69, 9.17) is 14.2 Å². The topological polar surface area (TPSA) is 71.1 Å². The van der Waals surface area contributed by atoms with E-state index in [1.807, 2.05) is 0 Å². The summed E-state index contributed by atoms with van der Waals surface area (Å²) < 4.78 is 49.4. The van der Waals surface area contributed by atoms with Crippen molar-refractivity contribution < 1.29 is 37.3 Å². The standard InChI is InChI=1S/C27H20F2O6/c1-18(2)27(31)35-16-15-34-22-9-5-20(6-10-22)24-12-11-23(25(28)26(24)29)19-3-7-21(8-4-19)33-14-13-32-17-30/h3-17H,1H2,2H3/b14-13-,16-15-. The van der Waals surface area contributed by atoms with Gasteiger partial charge in [-0.1, -0.05) is 43.0 Å². The lowest BCUT2D eigenvalue weighted by Gasteiger charge is -2.10. The fourth-order valence-corrected chi connectivity index (χ4v) is 2.89. The zero-order valence-electron chi connectivity index (χ0n) is 18.6. The Kier molecular flexibility index (Phi) is 8.50. The molecule has 0 unspecified atom stereocenters. The lowest BCUT2D eigenvalue weighted by atomic mass is 9.98. The second-order valence-electron chi connectivity index (χ2n) is 7.04. The molecule has 0 aliphatic heterocycles. The number of hydrogen-bond donors (Lipinski definition) is 0. The van der Waals surface area contributed by atoms with Crippen LogP contribution in [0.4, 0.5) is 8.78 Å². The highest BCUT2D eigenvalue weighted by atomic mass is 19.2. The second-order valence-corrected chi connectivity index (χ2v) is 7.04. The summed E-state index contributed by atoms with van der Waals surface area (Å²) in [5.74, 6) is -1.73. The van der Waals surface area contributed by atoms with Crippen LogP contribution in [-0.4, -0.2) is 12.4 Å². The molecule has 0 spiro atoms. The molecular formula is C27H20F2O6. The van der Waals surface area contributed by atoms with E-state index in [0.29, 0.717) is 22.6 Å². The van der Waals surface area contributed by atoms with Gasteiger partial charge in [0.15, 0.2) is 11.6 Å². The summed E-state index contributed by atoms with van der Waals surface area (Å²) in [6.45, 7) is 5.22. The fraction of sp³-hybridized carbons (Fsp3) is 0.0370. The molecule has 3 aromatic rings. The quantitative estimate of drug-likeness (QED) is 0.148. The molecule has 0 aromatic heterocycles. The van der Waals surface area contributed by atoms with Crippen LogP contribution in [0.5, 0.6) is 11.5 Å². The number of halogens is 2. The summed E-state index contributed by atoms with van der Waals surface area (Å²) in [5.41, 5.74) is 1.33. The Morgan fingerprint density at radius 3 is 1.63 bits per heavy atom. The van der Waals surface area contributed by atoms with Gasteiger partial charge in [0.2, 0.25) is 0 Å². The number of hydrogen-bond acceptors (Lipinski definition) is 6. The first-order valence-corrected chi connectivity index (χ1v) is 10.2. The number of ether oxygens (including phenoxy) is 4. The molecule has 0 heterocycles. The van der Waals surface area contributed by atoms with Gasteiger partial charge in [0.05, 0.1) is 0 Å². The fourth-order valence-electron chi connectivity index (χ4n) is 2.89. The van der Waals surface area contributed by atoms with Crippen LogP contribution in [0.3, 0.4) is 0 Å². The molecule has 0 radical (unpaired) electrons. The Morgan fingerprint density at radius 2 is 1.20 bits per heavy atom. The Morgan fingerprint density at radius 1 is 0.743 bits per heavy atom. The van der Waals surface area contributed by atoms with Crippen LogP contribution in [0.1, 0.15) is 6.92 Å². The summed E-state index contributed by atoms with van der Waals surface area (Å²) in [5, 5.41) is 0. The van der Waals surface area contributed by atoms with E-state index in [0.717, 1.165) is 12.5 Å². The van der Waals surface area contributed by atoms with Gasteiger partial charge in [-0.25, -0.2) is 13.6 Å². The summed E-state index contributed by atoms with van der Waals surface area (Å²) in [4.78, 5) is 21.4. The van der Waals surface area contributed by atoms with Gasteiger partial charge in [-0.15, -0.1) is 0 Å². The first-order chi connectivity index (χ1) is 16.9. The molecule has 0 saturated carbocycles. The van der Waals surface area contributed by atoms with Gasteiger partial charge in [0, 0.05) is 16.7 Å². The molecule has 3 aromatic carbocycles. The number of esters is 1. The molecule has 0 fully saturated rings. The van der Waals surface area contributed by atoms with E-state index in [9.17, 15) is 18.4 Å². The van der Waals surface area contributed by atoms with Crippen LogP contribution < -0.4 is 9.47 Å². The molecule has 0 atom stereocenters. The molecule has 0 bridgehead atoms. The zero-order valence-corrected chi connectivity index (χ0v) is 18.6. The third kappa shape index (κ3) is 6.64. The van der Waals surface area contributed by atoms with E-state index in [2.05, 4.69) is 11.3 Å². The molecule has 35 heavy (non-hydrogen) atoms. The van der Waals surface area contributed by atoms with Gasteiger partial charge in [0.1, 0.15) is 36.5 Å². The second kappa shape index (κ2) is 11.9. The minimum absolute atomic E-state index is 0.0870. The predicted molar refractivity (Wildman–Crippen MR) is 125 cm³/mol. The van der Waals surface area contributed by atoms with E-state index >= 15 is 0 Å². The molecule has 0 saturated heterocycles. The molecule has 0 aliphatic carbocycles. The maximum atomic E-state index is 14.9. The summed E-state index contributed by atoms with van der Waals surface area (Å²) in [6.07, 6.45) is 4.49. The van der Waals surface area contributed by atoms with Crippen molar-refractivity contribution in [3.63, 3.8) is 0 Å². The molecule has 0 N–H and O–H groups in total. The van der Waals surface area contributed by atoms with Gasteiger partial charge >= 0.3 is 5.97 Å². The first-order valence-electron chi connectivity index (χ1n) is 10.2. The highest BCUT2D eigenvalue weighted by Crippen LogP contribution is 2.33. The minimum Gasteiger partial charge on any atom is -0.462 e. The number of carbonyl (C=O) groups excluding carboxylic acids is 2. The smallest absolute Gasteiger partial charge is 0.338 e. The molecule has 0 aliphatic rings. The van der Waals surface area contributed by atoms with Crippen LogP contribution in [0.25, 0.3) is 22.3 Å². The maximum absolute atomic E-state index is 14.9. The Labute approximate surface area is 200 Å². The molecule has 178 valence electrons. The first kappa shape index (κ1) is 24.9. The van der Waals surface area contributed by atoms with Crippen LogP contribution in [0.2, 0.25) is 0 Å². The normalized spacial score (nSPS) is 10.8. The van der Waals surface area contributed by atoms with E-state index in [-0.39, 0.29) is 23.2 Å². The number of rotatable bonds is 10. The largest absolute Gasteiger partial charge is 0.462 e. The van der Waals surface area contributed by atoms with Crippen LogP contribution in [0.15, 0.2) is 97.9 Å². The Hall–Kier alpha value is -4.72. The van der Waals surface area contributed by atoms with Crippen molar-refractivity contribution in [2.45, 2.75) is 6.92 Å². The molecule has 0 amide bonds. The monoisotopic (exact) mass is 478 g/mol. The van der Waals surface area contributed by atoms with Gasteiger partial charge in [0.25, 0.3) is 6.47 Å².